The minimum absolute atomic E-state index is 0.148. The Hall–Kier alpha value is -3.62. The number of benzene rings is 2. The molecule has 5 rings (SSSR count). The second-order valence-electron chi connectivity index (χ2n) is 8.56. The van der Waals surface area contributed by atoms with Crippen LogP contribution >= 0.6 is 11.3 Å². The van der Waals surface area contributed by atoms with E-state index in [4.69, 9.17) is 4.98 Å². The molecule has 35 heavy (non-hydrogen) atoms. The van der Waals surface area contributed by atoms with Crippen molar-refractivity contribution >= 4 is 17.2 Å². The monoisotopic (exact) mass is 488 g/mol. The highest BCUT2D eigenvalue weighted by molar-refractivity contribution is 7.09. The van der Waals surface area contributed by atoms with Crippen LogP contribution in [0.15, 0.2) is 76.9 Å². The number of rotatable bonds is 7. The molecule has 4 aromatic rings. The highest BCUT2D eigenvalue weighted by Gasteiger charge is 2.25. The van der Waals surface area contributed by atoms with Gasteiger partial charge in [0.15, 0.2) is 0 Å². The van der Waals surface area contributed by atoms with Crippen LogP contribution in [0.25, 0.3) is 11.4 Å². The van der Waals surface area contributed by atoms with Crippen molar-refractivity contribution in [2.24, 2.45) is 0 Å². The lowest BCUT2D eigenvalue weighted by molar-refractivity contribution is -0.121. The van der Waals surface area contributed by atoms with Gasteiger partial charge in [-0.25, -0.2) is 9.37 Å². The molecule has 0 bridgehead atoms. The third-order valence-electron chi connectivity index (χ3n) is 6.09. The van der Waals surface area contributed by atoms with Crippen molar-refractivity contribution in [1.82, 2.24) is 19.8 Å². The lowest BCUT2D eigenvalue weighted by Gasteiger charge is -2.29. The third kappa shape index (κ3) is 5.39. The predicted octanol–water partition coefficient (Wildman–Crippen LogP) is 3.99. The first-order valence-corrected chi connectivity index (χ1v) is 12.4. The molecule has 0 saturated heterocycles. The standard InChI is InChI=1S/C27H25FN4O2S/c28-21-10-8-20(9-11-21)26-30-24-17-31(16-19-5-2-1-3-6-19)13-12-23(24)27(34)32(26)18-25(33)29-15-22-7-4-14-35-22/h1-11,14H,12-13,15-18H2,(H,29,33). The normalized spacial score (nSPS) is 13.4. The third-order valence-corrected chi connectivity index (χ3v) is 6.97. The fourth-order valence-electron chi connectivity index (χ4n) is 4.32. The molecule has 2 aromatic carbocycles. The summed E-state index contributed by atoms with van der Waals surface area (Å²) in [5.74, 6) is -0.267. The summed E-state index contributed by atoms with van der Waals surface area (Å²) in [5, 5.41) is 4.83. The number of carbonyl (C=O) groups is 1. The van der Waals surface area contributed by atoms with Gasteiger partial charge in [0.25, 0.3) is 5.56 Å². The predicted molar refractivity (Wildman–Crippen MR) is 134 cm³/mol. The van der Waals surface area contributed by atoms with E-state index in [1.54, 1.807) is 23.5 Å². The van der Waals surface area contributed by atoms with Crippen molar-refractivity contribution in [3.63, 3.8) is 0 Å². The number of hydrogen-bond acceptors (Lipinski definition) is 5. The minimum Gasteiger partial charge on any atom is -0.350 e. The van der Waals surface area contributed by atoms with Gasteiger partial charge < -0.3 is 5.32 Å². The molecule has 6 nitrogen and oxygen atoms in total. The summed E-state index contributed by atoms with van der Waals surface area (Å²) in [6, 6.07) is 19.9. The van der Waals surface area contributed by atoms with Gasteiger partial charge in [0.1, 0.15) is 18.2 Å². The average Bonchev–Trinajstić information content (AvgIpc) is 3.39. The van der Waals surface area contributed by atoms with Crippen LogP contribution in [-0.4, -0.2) is 26.9 Å². The number of amides is 1. The van der Waals surface area contributed by atoms with Gasteiger partial charge in [-0.3, -0.25) is 19.1 Å². The molecule has 1 aliphatic rings. The van der Waals surface area contributed by atoms with E-state index in [1.165, 1.54) is 22.3 Å². The number of hydrogen-bond donors (Lipinski definition) is 1. The second kappa shape index (κ2) is 10.3. The van der Waals surface area contributed by atoms with Crippen molar-refractivity contribution in [3.05, 3.63) is 110 Å². The van der Waals surface area contributed by atoms with Gasteiger partial charge in [0.2, 0.25) is 5.91 Å². The minimum atomic E-state index is -0.372. The van der Waals surface area contributed by atoms with Gasteiger partial charge in [-0.2, -0.15) is 0 Å². The molecule has 1 amide bonds. The fraction of sp³-hybridized carbons (Fsp3) is 0.222. The zero-order chi connectivity index (χ0) is 24.2. The van der Waals surface area contributed by atoms with Gasteiger partial charge >= 0.3 is 0 Å². The number of nitrogens with zero attached hydrogens (tertiary/aromatic N) is 3. The maximum atomic E-state index is 13.6. The highest BCUT2D eigenvalue weighted by Crippen LogP contribution is 2.22. The lowest BCUT2D eigenvalue weighted by atomic mass is 10.0. The molecule has 0 unspecified atom stereocenters. The summed E-state index contributed by atoms with van der Waals surface area (Å²) >= 11 is 1.56. The summed E-state index contributed by atoms with van der Waals surface area (Å²) in [4.78, 5) is 34.5. The van der Waals surface area contributed by atoms with E-state index in [1.807, 2.05) is 35.7 Å². The van der Waals surface area contributed by atoms with Crippen molar-refractivity contribution in [2.75, 3.05) is 6.54 Å². The number of thiophene rings is 1. The summed E-state index contributed by atoms with van der Waals surface area (Å²) in [5.41, 5.74) is 2.95. The molecular formula is C27H25FN4O2S. The number of aromatic nitrogens is 2. The summed E-state index contributed by atoms with van der Waals surface area (Å²) in [6.07, 6.45) is 0.564. The van der Waals surface area contributed by atoms with Crippen LogP contribution in [0.1, 0.15) is 21.7 Å². The first kappa shape index (κ1) is 23.1. The Morgan fingerprint density at radius 3 is 2.60 bits per heavy atom. The Bertz CT molecular complexity index is 1370. The van der Waals surface area contributed by atoms with Crippen LogP contribution < -0.4 is 10.9 Å². The Morgan fingerprint density at radius 1 is 1.06 bits per heavy atom. The van der Waals surface area contributed by atoms with E-state index < -0.39 is 0 Å². The quantitative estimate of drug-likeness (QED) is 0.427. The maximum Gasteiger partial charge on any atom is 0.257 e. The SMILES string of the molecule is O=C(Cn1c(-c2ccc(F)cc2)nc2c(c1=O)CCN(Cc1ccccc1)C2)NCc1cccs1. The Labute approximate surface area is 206 Å². The molecule has 3 heterocycles. The maximum absolute atomic E-state index is 13.6. The van der Waals surface area contributed by atoms with E-state index in [0.717, 1.165) is 18.0 Å². The van der Waals surface area contributed by atoms with E-state index in [2.05, 4.69) is 22.3 Å². The summed E-state index contributed by atoms with van der Waals surface area (Å²) in [6.45, 7) is 2.30. The molecular weight excluding hydrogens is 463 g/mol. The first-order valence-electron chi connectivity index (χ1n) is 11.5. The molecule has 178 valence electrons. The number of nitrogens with one attached hydrogen (secondary N) is 1. The number of halogens is 1. The molecule has 1 aliphatic heterocycles. The van der Waals surface area contributed by atoms with E-state index >= 15 is 0 Å². The first-order chi connectivity index (χ1) is 17.1. The highest BCUT2D eigenvalue weighted by atomic mass is 32.1. The van der Waals surface area contributed by atoms with Crippen LogP contribution in [0.5, 0.6) is 0 Å². The van der Waals surface area contributed by atoms with Crippen LogP contribution in [0.4, 0.5) is 4.39 Å². The van der Waals surface area contributed by atoms with Gasteiger partial charge in [0.05, 0.1) is 12.2 Å². The molecule has 0 spiro atoms. The summed E-state index contributed by atoms with van der Waals surface area (Å²) in [7, 11) is 0. The fourth-order valence-corrected chi connectivity index (χ4v) is 4.97. The molecule has 8 heteroatoms. The van der Waals surface area contributed by atoms with Crippen LogP contribution in [0.2, 0.25) is 0 Å². The molecule has 0 atom stereocenters. The van der Waals surface area contributed by atoms with E-state index in [9.17, 15) is 14.0 Å². The van der Waals surface area contributed by atoms with E-state index in [-0.39, 0.29) is 23.8 Å². The van der Waals surface area contributed by atoms with Crippen molar-refractivity contribution in [3.8, 4) is 11.4 Å². The van der Waals surface area contributed by atoms with E-state index in [0.29, 0.717) is 42.2 Å². The largest absolute Gasteiger partial charge is 0.350 e. The smallest absolute Gasteiger partial charge is 0.257 e. The molecule has 0 fully saturated rings. The molecule has 0 aliphatic carbocycles. The van der Waals surface area contributed by atoms with Crippen LogP contribution in [0, 0.1) is 5.82 Å². The van der Waals surface area contributed by atoms with Gasteiger partial charge in [-0.1, -0.05) is 36.4 Å². The Morgan fingerprint density at radius 2 is 1.86 bits per heavy atom. The molecule has 2 aromatic heterocycles. The zero-order valence-electron chi connectivity index (χ0n) is 19.1. The molecule has 1 N–H and O–H groups in total. The Balaban J connectivity index is 1.45. The Kier molecular flexibility index (Phi) is 6.83. The zero-order valence-corrected chi connectivity index (χ0v) is 19.9. The summed E-state index contributed by atoms with van der Waals surface area (Å²) < 4.78 is 15.0. The van der Waals surface area contributed by atoms with Crippen molar-refractivity contribution in [2.45, 2.75) is 32.6 Å². The molecule has 0 radical (unpaired) electrons. The molecule has 0 saturated carbocycles. The average molecular weight is 489 g/mol. The lowest BCUT2D eigenvalue weighted by Crippen LogP contribution is -2.40. The van der Waals surface area contributed by atoms with Gasteiger partial charge in [-0.05, 0) is 47.7 Å². The van der Waals surface area contributed by atoms with Crippen molar-refractivity contribution in [1.29, 1.82) is 0 Å². The van der Waals surface area contributed by atoms with Gasteiger partial charge in [0, 0.05) is 35.6 Å². The second-order valence-corrected chi connectivity index (χ2v) is 9.59. The van der Waals surface area contributed by atoms with Crippen LogP contribution in [-0.2, 0) is 37.4 Å². The van der Waals surface area contributed by atoms with Crippen LogP contribution in [0.3, 0.4) is 0 Å². The van der Waals surface area contributed by atoms with Crippen molar-refractivity contribution < 1.29 is 9.18 Å². The van der Waals surface area contributed by atoms with Gasteiger partial charge in [-0.15, -0.1) is 11.3 Å². The number of carbonyl (C=O) groups excluding carboxylic acids is 1. The number of fused-ring (bicyclic) bond motifs is 1. The topological polar surface area (TPSA) is 67.2 Å².